The molecule has 0 aliphatic carbocycles. The number of nitriles is 1. The summed E-state index contributed by atoms with van der Waals surface area (Å²) in [6.45, 7) is 11.1. The van der Waals surface area contributed by atoms with Crippen LogP contribution in [0.25, 0.3) is 0 Å². The minimum atomic E-state index is -4.88. The molecule has 12 heteroatoms. The van der Waals surface area contributed by atoms with Gasteiger partial charge in [-0.1, -0.05) is 20.8 Å². The highest BCUT2D eigenvalue weighted by atomic mass is 28.4. The van der Waals surface area contributed by atoms with Crippen LogP contribution in [0.5, 0.6) is 0 Å². The number of carbonyl (C=O) groups excluding carboxylic acids is 2. The van der Waals surface area contributed by atoms with Crippen molar-refractivity contribution in [3.05, 3.63) is 29.3 Å². The number of hydrogen-bond donors (Lipinski definition) is 2. The monoisotopic (exact) mass is 540 g/mol. The second kappa shape index (κ2) is 8.35. The predicted octanol–water partition coefficient (Wildman–Crippen LogP) is 3.36. The van der Waals surface area contributed by atoms with Crippen LogP contribution >= 0.6 is 0 Å². The van der Waals surface area contributed by atoms with Gasteiger partial charge in [-0.05, 0) is 43.3 Å². The molecule has 0 radical (unpaired) electrons. The number of ether oxygens (including phenoxy) is 1. The number of nitrogens with zero attached hydrogens (tertiary/aromatic N) is 2. The molecule has 2 bridgehead atoms. The van der Waals surface area contributed by atoms with Gasteiger partial charge in [0.2, 0.25) is 11.8 Å². The topological polar surface area (TPSA) is 120 Å². The highest BCUT2D eigenvalue weighted by Crippen LogP contribution is 2.64. The summed E-state index contributed by atoms with van der Waals surface area (Å²) in [6.07, 6.45) is -7.41. The Bertz CT molecular complexity index is 1190. The zero-order chi connectivity index (χ0) is 27.9. The zero-order valence-electron chi connectivity index (χ0n) is 21.5. The van der Waals surface area contributed by atoms with Gasteiger partial charge in [-0.2, -0.15) is 18.4 Å². The molecular weight excluding hydrogens is 509 g/mol. The average molecular weight is 541 g/mol. The molecule has 1 aromatic rings. The molecule has 3 heterocycles. The third kappa shape index (κ3) is 3.78. The summed E-state index contributed by atoms with van der Waals surface area (Å²) < 4.78 is 53.6. The first-order valence-electron chi connectivity index (χ1n) is 12.0. The Morgan fingerprint density at radius 2 is 1.78 bits per heavy atom. The van der Waals surface area contributed by atoms with E-state index in [1.807, 2.05) is 33.9 Å². The molecule has 0 unspecified atom stereocenters. The fraction of sp³-hybridized carbons (Fsp3) is 0.640. The molecule has 0 spiro atoms. The minimum Gasteiger partial charge on any atom is -0.408 e. The predicted molar refractivity (Wildman–Crippen MR) is 128 cm³/mol. The molecule has 3 aliphatic rings. The van der Waals surface area contributed by atoms with E-state index in [-0.39, 0.29) is 17.1 Å². The van der Waals surface area contributed by atoms with Gasteiger partial charge in [0.15, 0.2) is 8.32 Å². The Morgan fingerprint density at radius 1 is 1.19 bits per heavy atom. The molecule has 3 saturated heterocycles. The summed E-state index contributed by atoms with van der Waals surface area (Å²) in [5.41, 5.74) is -5.34. The summed E-state index contributed by atoms with van der Waals surface area (Å²) in [4.78, 5) is 28.1. The lowest BCUT2D eigenvalue weighted by molar-refractivity contribution is -0.139. The van der Waals surface area contributed by atoms with Gasteiger partial charge in [0.25, 0.3) is 0 Å². The number of carbonyl (C=O) groups is 2. The molecule has 2 N–H and O–H groups in total. The Hall–Kier alpha value is -2.30. The van der Waals surface area contributed by atoms with Crippen LogP contribution in [-0.4, -0.2) is 60.4 Å². The van der Waals surface area contributed by atoms with Gasteiger partial charge in [-0.3, -0.25) is 9.59 Å². The van der Waals surface area contributed by atoms with Crippen molar-refractivity contribution in [2.24, 2.45) is 11.8 Å². The first-order valence-corrected chi connectivity index (χ1v) is 14.9. The molecule has 202 valence electrons. The van der Waals surface area contributed by atoms with Gasteiger partial charge in [0, 0.05) is 13.0 Å². The van der Waals surface area contributed by atoms with E-state index in [0.29, 0.717) is 11.0 Å². The molecule has 6 atom stereocenters. The largest absolute Gasteiger partial charge is 0.417 e. The van der Waals surface area contributed by atoms with E-state index in [1.54, 1.807) is 6.92 Å². The SMILES string of the molecule is CC(C)(C)[Si](C)(C)O[C@H]1[C@H](O)[C@]2(CCO)O[C@@]1(C)[C@H]1C(=O)N(c3ccc(C#N)c(C(F)(F)F)c3)C(=O)[C@H]12. The quantitative estimate of drug-likeness (QED) is 0.434. The molecule has 3 aliphatic heterocycles. The maximum Gasteiger partial charge on any atom is 0.417 e. The van der Waals surface area contributed by atoms with Gasteiger partial charge in [0.05, 0.1) is 34.7 Å². The van der Waals surface area contributed by atoms with Gasteiger partial charge < -0.3 is 19.4 Å². The summed E-state index contributed by atoms with van der Waals surface area (Å²) in [6, 6.07) is 4.13. The van der Waals surface area contributed by atoms with Crippen molar-refractivity contribution in [3.63, 3.8) is 0 Å². The first kappa shape index (κ1) is 27.7. The van der Waals surface area contributed by atoms with Crippen LogP contribution in [0.15, 0.2) is 18.2 Å². The Morgan fingerprint density at radius 3 is 2.30 bits per heavy atom. The van der Waals surface area contributed by atoms with Crippen LogP contribution in [0.1, 0.15) is 45.2 Å². The Kier molecular flexibility index (Phi) is 6.25. The summed E-state index contributed by atoms with van der Waals surface area (Å²) in [7, 11) is -2.52. The fourth-order valence-electron chi connectivity index (χ4n) is 5.79. The normalized spacial score (nSPS) is 33.7. The van der Waals surface area contributed by atoms with Crippen LogP contribution in [0.4, 0.5) is 18.9 Å². The van der Waals surface area contributed by atoms with E-state index in [1.165, 1.54) is 6.07 Å². The van der Waals surface area contributed by atoms with Crippen molar-refractivity contribution < 1.29 is 42.1 Å². The molecule has 8 nitrogen and oxygen atoms in total. The number of anilines is 1. The molecule has 1 aromatic carbocycles. The van der Waals surface area contributed by atoms with Crippen molar-refractivity contribution in [1.29, 1.82) is 5.26 Å². The second-order valence-electron chi connectivity index (χ2n) is 11.8. The molecule has 4 rings (SSSR count). The van der Waals surface area contributed by atoms with Gasteiger partial charge in [0.1, 0.15) is 23.4 Å². The maximum absolute atomic E-state index is 13.8. The van der Waals surface area contributed by atoms with E-state index in [2.05, 4.69) is 0 Å². The van der Waals surface area contributed by atoms with Gasteiger partial charge in [-0.25, -0.2) is 4.90 Å². The van der Waals surface area contributed by atoms with Crippen LogP contribution in [-0.2, 0) is 24.9 Å². The van der Waals surface area contributed by atoms with Gasteiger partial charge >= 0.3 is 6.18 Å². The highest BCUT2D eigenvalue weighted by molar-refractivity contribution is 6.74. The number of aliphatic hydroxyl groups is 2. The standard InChI is InChI=1S/C25H31F3N2O6Si/c1-22(2,3)37(5,6)35-19-18(32)24(9-10-31)17-16(23(19,4)36-24)20(33)30(21(17)34)14-8-7-13(12-29)15(11-14)25(26,27)28/h7-8,11,16-19,31-32H,9-10H2,1-6H3/t16-,17+,18+,19+,23+,24-/m1/s1. The molecule has 3 fully saturated rings. The lowest BCUT2D eigenvalue weighted by Crippen LogP contribution is -2.62. The summed E-state index contributed by atoms with van der Waals surface area (Å²) in [5.74, 6) is -3.97. The number of amides is 2. The van der Waals surface area contributed by atoms with E-state index in [9.17, 15) is 33.0 Å². The molecule has 0 saturated carbocycles. The van der Waals surface area contributed by atoms with Crippen molar-refractivity contribution in [3.8, 4) is 6.07 Å². The Balaban J connectivity index is 1.82. The maximum atomic E-state index is 13.8. The second-order valence-corrected chi connectivity index (χ2v) is 16.5. The molecule has 0 aromatic heterocycles. The number of hydrogen-bond acceptors (Lipinski definition) is 7. The number of alkyl halides is 3. The number of halogens is 3. The van der Waals surface area contributed by atoms with Crippen LogP contribution in [0.3, 0.4) is 0 Å². The summed E-state index contributed by atoms with van der Waals surface area (Å²) >= 11 is 0. The Labute approximate surface area is 214 Å². The highest BCUT2D eigenvalue weighted by Gasteiger charge is 2.81. The van der Waals surface area contributed by atoms with Crippen molar-refractivity contribution in [2.45, 2.75) is 81.8 Å². The number of rotatable bonds is 5. The smallest absolute Gasteiger partial charge is 0.408 e. The first-order chi connectivity index (χ1) is 16.9. The number of fused-ring (bicyclic) bond motifs is 5. The third-order valence-electron chi connectivity index (χ3n) is 8.63. The molecule has 2 amide bonds. The zero-order valence-corrected chi connectivity index (χ0v) is 22.5. The summed E-state index contributed by atoms with van der Waals surface area (Å²) in [5, 5.41) is 30.2. The van der Waals surface area contributed by atoms with E-state index >= 15 is 0 Å². The molecular formula is C25H31F3N2O6Si. The minimum absolute atomic E-state index is 0.170. The number of benzene rings is 1. The van der Waals surface area contributed by atoms with E-state index < -0.39 is 79.3 Å². The van der Waals surface area contributed by atoms with Crippen LogP contribution < -0.4 is 4.90 Å². The van der Waals surface area contributed by atoms with Crippen molar-refractivity contribution >= 4 is 25.8 Å². The van der Waals surface area contributed by atoms with Crippen molar-refractivity contribution in [1.82, 2.24) is 0 Å². The van der Waals surface area contributed by atoms with Crippen LogP contribution in [0, 0.1) is 23.2 Å². The lowest BCUT2D eigenvalue weighted by Gasteiger charge is -2.46. The van der Waals surface area contributed by atoms with Crippen LogP contribution in [0.2, 0.25) is 18.1 Å². The lowest BCUT2D eigenvalue weighted by atomic mass is 9.64. The van der Waals surface area contributed by atoms with E-state index in [0.717, 1.165) is 12.1 Å². The number of imide groups is 1. The van der Waals surface area contributed by atoms with E-state index in [4.69, 9.17) is 14.4 Å². The third-order valence-corrected chi connectivity index (χ3v) is 13.1. The van der Waals surface area contributed by atoms with Crippen molar-refractivity contribution in [2.75, 3.05) is 11.5 Å². The van der Waals surface area contributed by atoms with Gasteiger partial charge in [-0.15, -0.1) is 0 Å². The fourth-order valence-corrected chi connectivity index (χ4v) is 7.14. The molecule has 37 heavy (non-hydrogen) atoms. The average Bonchev–Trinajstić information content (AvgIpc) is 3.28. The number of aliphatic hydroxyl groups excluding tert-OH is 2.